The molecule has 0 aliphatic rings. The molecule has 0 saturated carbocycles. The maximum Gasteiger partial charge on any atom is 0.480 e. The Morgan fingerprint density at radius 2 is 0.645 bits per heavy atom. The summed E-state index contributed by atoms with van der Waals surface area (Å²) in [5, 5.41) is 0. The summed E-state index contributed by atoms with van der Waals surface area (Å²) in [6, 6.07) is 0. The molecule has 0 aliphatic heterocycles. The van der Waals surface area contributed by atoms with Crippen LogP contribution in [0.3, 0.4) is 0 Å². The van der Waals surface area contributed by atoms with Crippen LogP contribution in [0.2, 0.25) is 0 Å². The van der Waals surface area contributed by atoms with Crippen LogP contribution in [0.4, 0.5) is 52.7 Å². The molecule has 62 heavy (non-hydrogen) atoms. The lowest BCUT2D eigenvalue weighted by atomic mass is 9.90. The van der Waals surface area contributed by atoms with E-state index in [0.29, 0.717) is 0 Å². The number of alkyl halides is 12. The highest BCUT2D eigenvalue weighted by Gasteiger charge is 2.48. The Balaban J connectivity index is 0.000000536. The number of rotatable bonds is 19. The van der Waals surface area contributed by atoms with Gasteiger partial charge >= 0.3 is 22.0 Å². The molecule has 360 valence electrons. The number of hydrogen-bond donors (Lipinski definition) is 0. The Kier molecular flexibility index (Phi) is 20.0. The second kappa shape index (κ2) is 21.9. The van der Waals surface area contributed by atoms with Crippen LogP contribution in [0.15, 0.2) is 56.2 Å². The van der Waals surface area contributed by atoms with Crippen molar-refractivity contribution in [3.63, 3.8) is 0 Å². The molecule has 32 heteroatoms. The predicted molar refractivity (Wildman–Crippen MR) is 193 cm³/mol. The third kappa shape index (κ3) is 17.9. The minimum absolute atomic E-state index is 0.0881. The highest BCUT2D eigenvalue weighted by atomic mass is 32.3. The average Bonchev–Trinajstić information content (AvgIpc) is 3.84. The van der Waals surface area contributed by atoms with Crippen LogP contribution < -0.4 is 13.7 Å². The topological polar surface area (TPSA) is 191 Å². The van der Waals surface area contributed by atoms with Gasteiger partial charge in [-0.3, -0.25) is 0 Å². The highest BCUT2D eigenvalue weighted by Crippen LogP contribution is 2.37. The Morgan fingerprint density at radius 1 is 0.435 bits per heavy atom. The van der Waals surface area contributed by atoms with Crippen LogP contribution in [-0.2, 0) is 79.4 Å². The zero-order chi connectivity index (χ0) is 48.2. The maximum atomic E-state index is 11.4. The van der Waals surface area contributed by atoms with Crippen LogP contribution in [-0.4, -0.2) is 69.4 Å². The van der Waals surface area contributed by atoms with Crippen molar-refractivity contribution in [1.29, 1.82) is 0 Å². The van der Waals surface area contributed by atoms with Gasteiger partial charge in [0.05, 0.1) is 25.0 Å². The van der Waals surface area contributed by atoms with Crippen LogP contribution in [0.25, 0.3) is 8.25 Å². The Labute approximate surface area is 350 Å². The van der Waals surface area contributed by atoms with Gasteiger partial charge in [-0.15, -0.1) is 0 Å². The lowest BCUT2D eigenvalue weighted by Gasteiger charge is -2.23. The van der Waals surface area contributed by atoms with E-state index in [9.17, 15) is 86.4 Å². The SMILES string of the molecule is CCCCn1cc[n+](CC(C)(C[n+]2ccn(CCCC)c2)C[n+]2ccn(CCCC)c2)c1.O=S(=O)([N-]S(=O)(=O)C(F)(F)F)C(F)(F)F.O=S(=O)([N-]S(=O)(=O)C(F)(F)F)C(F)(F)F. The molecule has 0 fully saturated rings. The summed E-state index contributed by atoms with van der Waals surface area (Å²) < 4.78 is 232. The van der Waals surface area contributed by atoms with E-state index in [-0.39, 0.29) is 5.41 Å². The molecule has 0 N–H and O–H groups in total. The third-order valence-electron chi connectivity index (χ3n) is 7.80. The molecule has 3 aromatic heterocycles. The Morgan fingerprint density at radius 3 is 0.823 bits per heavy atom. The van der Waals surface area contributed by atoms with Crippen molar-refractivity contribution in [3.8, 4) is 0 Å². The van der Waals surface area contributed by atoms with Gasteiger partial charge in [0.1, 0.15) is 56.8 Å². The summed E-state index contributed by atoms with van der Waals surface area (Å²) in [6.45, 7) is 15.5. The molecular weight excluding hydrogens is 957 g/mol. The van der Waals surface area contributed by atoms with E-state index in [1.165, 1.54) is 38.5 Å². The predicted octanol–water partition coefficient (Wildman–Crippen LogP) is 5.88. The molecule has 0 aliphatic carbocycles. The highest BCUT2D eigenvalue weighted by molar-refractivity contribution is 8.13. The summed E-state index contributed by atoms with van der Waals surface area (Å²) in [7, 11) is -26.9. The Bertz CT molecular complexity index is 2020. The van der Waals surface area contributed by atoms with E-state index in [4.69, 9.17) is 0 Å². The van der Waals surface area contributed by atoms with Gasteiger partial charge in [0.25, 0.3) is 0 Å². The van der Waals surface area contributed by atoms with Crippen molar-refractivity contribution >= 4 is 40.1 Å². The molecule has 0 atom stereocenters. The molecule has 3 aromatic rings. The minimum atomic E-state index is -6.72. The van der Waals surface area contributed by atoms with E-state index in [1.807, 2.05) is 0 Å². The van der Waals surface area contributed by atoms with E-state index < -0.39 is 62.1 Å². The van der Waals surface area contributed by atoms with E-state index in [0.717, 1.165) is 47.5 Å². The van der Waals surface area contributed by atoms with Gasteiger partial charge < -0.3 is 8.25 Å². The Hall–Kier alpha value is -3.49. The van der Waals surface area contributed by atoms with Crippen molar-refractivity contribution in [1.82, 2.24) is 13.7 Å². The lowest BCUT2D eigenvalue weighted by Crippen LogP contribution is -2.55. The van der Waals surface area contributed by atoms with Gasteiger partial charge in [0, 0.05) is 0 Å². The summed E-state index contributed by atoms with van der Waals surface area (Å²) in [6.07, 6.45) is 27.6. The second-order valence-corrected chi connectivity index (χ2v) is 20.5. The smallest absolute Gasteiger partial charge is 0.421 e. The van der Waals surface area contributed by atoms with E-state index >= 15 is 0 Å². The lowest BCUT2D eigenvalue weighted by molar-refractivity contribution is -0.782. The van der Waals surface area contributed by atoms with Gasteiger partial charge in [0.15, 0.2) is 40.1 Å². The van der Waals surface area contributed by atoms with Crippen LogP contribution in [0, 0.1) is 5.41 Å². The number of aryl methyl sites for hydroxylation is 3. The van der Waals surface area contributed by atoms with Gasteiger partial charge in [-0.25, -0.2) is 61.1 Å². The zero-order valence-corrected chi connectivity index (χ0v) is 36.5. The first-order valence-electron chi connectivity index (χ1n) is 17.8. The molecule has 0 saturated heterocycles. The van der Waals surface area contributed by atoms with Crippen molar-refractivity contribution in [2.24, 2.45) is 5.41 Å². The first kappa shape index (κ1) is 56.5. The zero-order valence-electron chi connectivity index (χ0n) is 33.2. The summed E-state index contributed by atoms with van der Waals surface area (Å²) in [4.78, 5) is 0. The number of hydrogen-bond acceptors (Lipinski definition) is 8. The van der Waals surface area contributed by atoms with Crippen molar-refractivity contribution in [2.75, 3.05) is 0 Å². The van der Waals surface area contributed by atoms with Gasteiger partial charge in [-0.2, -0.15) is 52.7 Å². The summed E-state index contributed by atoms with van der Waals surface area (Å²) >= 11 is 0. The molecule has 0 amide bonds. The number of unbranched alkanes of at least 4 members (excludes halogenated alkanes) is 3. The van der Waals surface area contributed by atoms with Gasteiger partial charge in [-0.05, 0) is 26.2 Å². The monoisotopic (exact) mass is 1000 g/mol. The molecule has 0 bridgehead atoms. The summed E-state index contributed by atoms with van der Waals surface area (Å²) in [5.41, 5.74) is -24.7. The van der Waals surface area contributed by atoms with Crippen LogP contribution in [0.5, 0.6) is 0 Å². The molecule has 3 rings (SSSR count). The van der Waals surface area contributed by atoms with Gasteiger partial charge in [-0.1, -0.05) is 40.0 Å². The van der Waals surface area contributed by atoms with Crippen molar-refractivity contribution in [2.45, 2.75) is 128 Å². The average molecular weight is 1000 g/mol. The van der Waals surface area contributed by atoms with Crippen molar-refractivity contribution < 1.29 is 100 Å². The number of sulfonamides is 4. The third-order valence-corrected chi connectivity index (χ3v) is 13.3. The largest absolute Gasteiger partial charge is 0.480 e. The quantitative estimate of drug-likeness (QED) is 0.105. The molecule has 0 unspecified atom stereocenters. The molecular formula is C30H45F12N8O8S4+. The first-order chi connectivity index (χ1) is 27.9. The minimum Gasteiger partial charge on any atom is -0.421 e. The maximum absolute atomic E-state index is 11.4. The fourth-order valence-electron chi connectivity index (χ4n) is 4.92. The molecule has 3 heterocycles. The first-order valence-corrected chi connectivity index (χ1v) is 23.6. The number of halogens is 12. The number of nitrogens with zero attached hydrogens (tertiary/aromatic N) is 8. The van der Waals surface area contributed by atoms with Crippen molar-refractivity contribution in [3.05, 3.63) is 64.4 Å². The fourth-order valence-corrected chi connectivity index (χ4v) is 8.33. The van der Waals surface area contributed by atoms with Crippen LogP contribution >= 0.6 is 0 Å². The number of imidazole rings is 3. The number of aromatic nitrogens is 6. The molecule has 0 aromatic carbocycles. The van der Waals surface area contributed by atoms with E-state index in [1.54, 1.807) is 0 Å². The van der Waals surface area contributed by atoms with Gasteiger partial charge in [0.2, 0.25) is 19.0 Å². The summed E-state index contributed by atoms with van der Waals surface area (Å²) in [5.74, 6) is 0. The van der Waals surface area contributed by atoms with E-state index in [2.05, 4.69) is 111 Å². The molecule has 0 spiro atoms. The molecule has 16 nitrogen and oxygen atoms in total. The van der Waals surface area contributed by atoms with Crippen LogP contribution in [0.1, 0.15) is 66.2 Å². The standard InChI is InChI=1S/C26H45N6.2C2F6NO4S2/c1-5-8-11-27-14-17-30(23-27)20-26(4,21-31-18-15-28(24-31)12-9-6-2)22-32-19-16-29(25-32)13-10-7-3;2*3-1(4,5)14(10,11)9-15(12,13)2(6,7)8/h14-19,23-25H,5-13,20-22H2,1-4H3;;/q+3;2*-1. The molecule has 0 radical (unpaired) electrons. The fraction of sp³-hybridized carbons (Fsp3) is 0.700. The normalized spacial score (nSPS) is 13.6. The second-order valence-electron chi connectivity index (χ2n) is 13.7.